The van der Waals surface area contributed by atoms with E-state index in [0.29, 0.717) is 16.1 Å². The minimum Gasteiger partial charge on any atom is -0.350 e. The van der Waals surface area contributed by atoms with E-state index in [1.165, 1.54) is 24.3 Å². The molecule has 0 saturated carbocycles. The normalized spacial score (nSPS) is 10.4. The Morgan fingerprint density at radius 2 is 1.59 bits per heavy atom. The van der Waals surface area contributed by atoms with Gasteiger partial charge in [-0.1, -0.05) is 16.8 Å². The molecule has 0 aliphatic rings. The van der Waals surface area contributed by atoms with Crippen LogP contribution in [0.3, 0.4) is 0 Å². The van der Waals surface area contributed by atoms with Crippen LogP contribution in [0, 0.1) is 5.82 Å². The molecule has 0 aliphatic carbocycles. The van der Waals surface area contributed by atoms with Crippen molar-refractivity contribution in [2.45, 2.75) is 0 Å². The van der Waals surface area contributed by atoms with Crippen molar-refractivity contribution in [2.75, 3.05) is 13.1 Å². The third kappa shape index (κ3) is 4.89. The van der Waals surface area contributed by atoms with Crippen LogP contribution in [-0.4, -0.2) is 35.0 Å². The van der Waals surface area contributed by atoms with E-state index in [2.05, 4.69) is 20.8 Å². The second kappa shape index (κ2) is 8.41. The van der Waals surface area contributed by atoms with Crippen molar-refractivity contribution >= 4 is 23.4 Å². The molecule has 3 aromatic rings. The molecule has 0 atom stereocenters. The highest BCUT2D eigenvalue weighted by Gasteiger charge is 2.15. The van der Waals surface area contributed by atoms with Crippen LogP contribution in [0.5, 0.6) is 0 Å². The van der Waals surface area contributed by atoms with E-state index >= 15 is 0 Å². The van der Waals surface area contributed by atoms with Gasteiger partial charge in [0.05, 0.1) is 0 Å². The Bertz CT molecular complexity index is 942. The minimum absolute atomic E-state index is 0.157. The lowest BCUT2D eigenvalue weighted by atomic mass is 10.2. The van der Waals surface area contributed by atoms with Crippen LogP contribution in [0.15, 0.2) is 53.1 Å². The SMILES string of the molecule is O=C(NCCNC(=O)c1nc(-c2ccc(Cl)cc2)no1)c1ccc(F)cc1. The summed E-state index contributed by atoms with van der Waals surface area (Å²) in [7, 11) is 0. The second-order valence-electron chi connectivity index (χ2n) is 5.45. The number of aromatic nitrogens is 2. The summed E-state index contributed by atoms with van der Waals surface area (Å²) >= 11 is 5.82. The zero-order valence-electron chi connectivity index (χ0n) is 13.9. The van der Waals surface area contributed by atoms with Gasteiger partial charge in [-0.05, 0) is 48.5 Å². The quantitative estimate of drug-likeness (QED) is 0.633. The first-order valence-electron chi connectivity index (χ1n) is 7.94. The van der Waals surface area contributed by atoms with Crippen molar-refractivity contribution in [3.63, 3.8) is 0 Å². The van der Waals surface area contributed by atoms with Crippen molar-refractivity contribution in [1.29, 1.82) is 0 Å². The number of hydrogen-bond donors (Lipinski definition) is 2. The first kappa shape index (κ1) is 18.5. The van der Waals surface area contributed by atoms with Gasteiger partial charge in [0.1, 0.15) is 5.82 Å². The van der Waals surface area contributed by atoms with Crippen LogP contribution in [0.4, 0.5) is 4.39 Å². The predicted molar refractivity (Wildman–Crippen MR) is 95.8 cm³/mol. The van der Waals surface area contributed by atoms with E-state index in [-0.39, 0.29) is 30.7 Å². The Morgan fingerprint density at radius 1 is 0.963 bits per heavy atom. The lowest BCUT2D eigenvalue weighted by molar-refractivity contribution is 0.0898. The topological polar surface area (TPSA) is 97.1 Å². The number of amides is 2. The van der Waals surface area contributed by atoms with Crippen LogP contribution in [0.25, 0.3) is 11.4 Å². The average molecular weight is 389 g/mol. The molecule has 0 bridgehead atoms. The number of carbonyl (C=O) groups excluding carboxylic acids is 2. The van der Waals surface area contributed by atoms with Gasteiger partial charge in [0.2, 0.25) is 5.82 Å². The zero-order valence-corrected chi connectivity index (χ0v) is 14.7. The first-order chi connectivity index (χ1) is 13.0. The monoisotopic (exact) mass is 388 g/mol. The fraction of sp³-hybridized carbons (Fsp3) is 0.111. The molecule has 9 heteroatoms. The number of hydrogen-bond acceptors (Lipinski definition) is 5. The van der Waals surface area contributed by atoms with Crippen molar-refractivity contribution in [3.05, 3.63) is 70.8 Å². The lowest BCUT2D eigenvalue weighted by Gasteiger charge is -2.05. The van der Waals surface area contributed by atoms with E-state index in [4.69, 9.17) is 16.1 Å². The maximum absolute atomic E-state index is 12.8. The van der Waals surface area contributed by atoms with Crippen LogP contribution >= 0.6 is 11.6 Å². The van der Waals surface area contributed by atoms with Gasteiger partial charge < -0.3 is 15.2 Å². The standard InChI is InChI=1S/C18H14ClFN4O3/c19-13-5-1-11(2-6-13)15-23-18(27-24-15)17(26)22-10-9-21-16(25)12-3-7-14(20)8-4-12/h1-8H,9-10H2,(H,21,25)(H,22,26). The highest BCUT2D eigenvalue weighted by molar-refractivity contribution is 6.30. The largest absolute Gasteiger partial charge is 0.350 e. The lowest BCUT2D eigenvalue weighted by Crippen LogP contribution is -2.34. The number of halogens is 2. The maximum atomic E-state index is 12.8. The van der Waals surface area contributed by atoms with Gasteiger partial charge in [-0.15, -0.1) is 0 Å². The molecule has 138 valence electrons. The minimum atomic E-state index is -0.557. The molecule has 2 N–H and O–H groups in total. The van der Waals surface area contributed by atoms with Gasteiger partial charge >= 0.3 is 11.8 Å². The predicted octanol–water partition coefficient (Wildman–Crippen LogP) is 2.69. The average Bonchev–Trinajstić information content (AvgIpc) is 3.16. The Morgan fingerprint density at radius 3 is 2.26 bits per heavy atom. The van der Waals surface area contributed by atoms with E-state index in [9.17, 15) is 14.0 Å². The van der Waals surface area contributed by atoms with E-state index in [1.807, 2.05) is 0 Å². The maximum Gasteiger partial charge on any atom is 0.316 e. The molecule has 0 fully saturated rings. The molecular formula is C18H14ClFN4O3. The third-order valence-electron chi connectivity index (χ3n) is 3.53. The summed E-state index contributed by atoms with van der Waals surface area (Å²) < 4.78 is 17.8. The first-order valence-corrected chi connectivity index (χ1v) is 8.32. The molecule has 0 radical (unpaired) electrons. The summed E-state index contributed by atoms with van der Waals surface area (Å²) in [5.74, 6) is -1.27. The van der Waals surface area contributed by atoms with Crippen LogP contribution in [0.1, 0.15) is 21.0 Å². The molecule has 2 amide bonds. The van der Waals surface area contributed by atoms with Gasteiger partial charge in [-0.2, -0.15) is 4.98 Å². The van der Waals surface area contributed by atoms with Gasteiger partial charge in [0.25, 0.3) is 5.91 Å². The van der Waals surface area contributed by atoms with Gasteiger partial charge in [0.15, 0.2) is 0 Å². The molecule has 1 aromatic heterocycles. The molecular weight excluding hydrogens is 375 g/mol. The molecule has 0 aliphatic heterocycles. The Kier molecular flexibility index (Phi) is 5.77. The molecule has 0 saturated heterocycles. The van der Waals surface area contributed by atoms with Crippen LogP contribution in [0.2, 0.25) is 5.02 Å². The van der Waals surface area contributed by atoms with E-state index in [0.717, 1.165) is 0 Å². The fourth-order valence-electron chi connectivity index (χ4n) is 2.16. The summed E-state index contributed by atoms with van der Waals surface area (Å²) in [5, 5.41) is 9.49. The number of nitrogens with one attached hydrogen (secondary N) is 2. The van der Waals surface area contributed by atoms with E-state index in [1.54, 1.807) is 24.3 Å². The molecule has 0 unspecified atom stereocenters. The van der Waals surface area contributed by atoms with Crippen LogP contribution in [-0.2, 0) is 0 Å². The van der Waals surface area contributed by atoms with Crippen LogP contribution < -0.4 is 10.6 Å². The molecule has 2 aromatic carbocycles. The van der Waals surface area contributed by atoms with Gasteiger partial charge in [-0.25, -0.2) is 4.39 Å². The second-order valence-corrected chi connectivity index (χ2v) is 5.89. The van der Waals surface area contributed by atoms with Crippen molar-refractivity contribution in [3.8, 4) is 11.4 Å². The number of rotatable bonds is 6. The van der Waals surface area contributed by atoms with Gasteiger partial charge in [-0.3, -0.25) is 9.59 Å². The summed E-state index contributed by atoms with van der Waals surface area (Å²) in [4.78, 5) is 27.9. The summed E-state index contributed by atoms with van der Waals surface area (Å²) in [6.07, 6.45) is 0. The van der Waals surface area contributed by atoms with E-state index < -0.39 is 11.7 Å². The van der Waals surface area contributed by atoms with Crippen molar-refractivity contribution in [1.82, 2.24) is 20.8 Å². The molecule has 0 spiro atoms. The number of nitrogens with zero attached hydrogens (tertiary/aromatic N) is 2. The van der Waals surface area contributed by atoms with Crippen molar-refractivity contribution in [2.24, 2.45) is 0 Å². The highest BCUT2D eigenvalue weighted by atomic mass is 35.5. The number of carbonyl (C=O) groups is 2. The van der Waals surface area contributed by atoms with Gasteiger partial charge in [0, 0.05) is 29.2 Å². The Labute approximate surface area is 158 Å². The summed E-state index contributed by atoms with van der Waals surface area (Å²) in [6, 6.07) is 11.9. The molecule has 1 heterocycles. The zero-order chi connectivity index (χ0) is 19.2. The number of benzene rings is 2. The Balaban J connectivity index is 1.47. The summed E-state index contributed by atoms with van der Waals surface area (Å²) in [5.41, 5.74) is 0.987. The highest BCUT2D eigenvalue weighted by Crippen LogP contribution is 2.18. The molecule has 27 heavy (non-hydrogen) atoms. The molecule has 7 nitrogen and oxygen atoms in total. The van der Waals surface area contributed by atoms with Crippen molar-refractivity contribution < 1.29 is 18.5 Å². The molecule has 3 rings (SSSR count). The summed E-state index contributed by atoms with van der Waals surface area (Å²) in [6.45, 7) is 0.338. The Hall–Kier alpha value is -3.26. The fourth-order valence-corrected chi connectivity index (χ4v) is 2.29. The third-order valence-corrected chi connectivity index (χ3v) is 3.78. The smallest absolute Gasteiger partial charge is 0.316 e.